The first-order chi connectivity index (χ1) is 15.1. The number of sulfonamides is 1. The molecule has 0 spiro atoms. The van der Waals surface area contributed by atoms with E-state index in [4.69, 9.17) is 4.74 Å². The molecule has 3 rings (SSSR count). The molecular weight excluding hydrogens is 438 g/mol. The Kier molecular flexibility index (Phi) is 6.16. The largest absolute Gasteiger partial charge is 0.496 e. The Labute approximate surface area is 184 Å². The Morgan fingerprint density at radius 1 is 1.22 bits per heavy atom. The van der Waals surface area contributed by atoms with Crippen molar-refractivity contribution in [2.45, 2.75) is 11.8 Å². The molecule has 0 unspecified atom stereocenters. The van der Waals surface area contributed by atoms with Gasteiger partial charge in [0.25, 0.3) is 21.6 Å². The van der Waals surface area contributed by atoms with Gasteiger partial charge in [-0.05, 0) is 31.2 Å². The van der Waals surface area contributed by atoms with Crippen LogP contribution >= 0.6 is 0 Å². The van der Waals surface area contributed by atoms with Crippen molar-refractivity contribution in [2.75, 3.05) is 23.8 Å². The minimum absolute atomic E-state index is 0.000704. The number of hydrogen-bond acceptors (Lipinski definition) is 7. The molecule has 0 bridgehead atoms. The first kappa shape index (κ1) is 22.7. The molecule has 11 nitrogen and oxygen atoms in total. The zero-order chi connectivity index (χ0) is 23.6. The van der Waals surface area contributed by atoms with E-state index in [0.29, 0.717) is 0 Å². The molecule has 0 atom stereocenters. The van der Waals surface area contributed by atoms with Crippen LogP contribution in [-0.4, -0.2) is 43.2 Å². The van der Waals surface area contributed by atoms with Gasteiger partial charge in [-0.2, -0.15) is 5.10 Å². The number of nitrogens with zero attached hydrogens (tertiary/aromatic N) is 4. The maximum atomic E-state index is 13.1. The van der Waals surface area contributed by atoms with E-state index in [1.54, 1.807) is 12.1 Å². The lowest BCUT2D eigenvalue weighted by molar-refractivity contribution is -0.384. The van der Waals surface area contributed by atoms with Gasteiger partial charge in [-0.15, -0.1) is 0 Å². The van der Waals surface area contributed by atoms with Crippen LogP contribution in [0.3, 0.4) is 0 Å². The summed E-state index contributed by atoms with van der Waals surface area (Å²) < 4.78 is 33.4. The van der Waals surface area contributed by atoms with Gasteiger partial charge in [-0.1, -0.05) is 17.7 Å². The van der Waals surface area contributed by atoms with Crippen molar-refractivity contribution in [1.29, 1.82) is 0 Å². The first-order valence-corrected chi connectivity index (χ1v) is 10.7. The second-order valence-electron chi connectivity index (χ2n) is 6.89. The second kappa shape index (κ2) is 8.67. The van der Waals surface area contributed by atoms with Crippen LogP contribution in [0.5, 0.6) is 5.75 Å². The predicted octanol–water partition coefficient (Wildman–Crippen LogP) is 2.72. The number of aryl methyl sites for hydroxylation is 2. The number of rotatable bonds is 7. The van der Waals surface area contributed by atoms with Gasteiger partial charge in [0.2, 0.25) is 0 Å². The maximum absolute atomic E-state index is 13.1. The predicted molar refractivity (Wildman–Crippen MR) is 118 cm³/mol. The lowest BCUT2D eigenvalue weighted by atomic mass is 10.2. The summed E-state index contributed by atoms with van der Waals surface area (Å²) in [6, 6.07) is 10.2. The molecule has 168 valence electrons. The van der Waals surface area contributed by atoms with Gasteiger partial charge < -0.3 is 10.1 Å². The summed E-state index contributed by atoms with van der Waals surface area (Å²) in [5.41, 5.74) is 0.382. The van der Waals surface area contributed by atoms with Gasteiger partial charge in [-0.3, -0.25) is 23.9 Å². The fraction of sp³-hybridized carbons (Fsp3) is 0.200. The third-order valence-electron chi connectivity index (χ3n) is 4.78. The molecule has 1 amide bonds. The van der Waals surface area contributed by atoms with E-state index in [1.807, 2.05) is 6.92 Å². The van der Waals surface area contributed by atoms with E-state index >= 15 is 0 Å². The third-order valence-corrected chi connectivity index (χ3v) is 6.54. The highest BCUT2D eigenvalue weighted by molar-refractivity contribution is 7.92. The molecule has 0 fully saturated rings. The van der Waals surface area contributed by atoms with Gasteiger partial charge in [0.05, 0.1) is 29.2 Å². The van der Waals surface area contributed by atoms with Crippen LogP contribution in [-0.2, 0) is 17.1 Å². The number of ether oxygens (including phenoxy) is 1. The normalized spacial score (nSPS) is 11.1. The number of aromatic nitrogens is 2. The molecule has 0 aliphatic carbocycles. The van der Waals surface area contributed by atoms with Crippen molar-refractivity contribution in [3.05, 3.63) is 69.9 Å². The Morgan fingerprint density at radius 2 is 1.88 bits per heavy atom. The number of amides is 1. The Hall–Kier alpha value is -3.93. The minimum atomic E-state index is -3.99. The van der Waals surface area contributed by atoms with Crippen molar-refractivity contribution in [3.8, 4) is 5.75 Å². The lowest BCUT2D eigenvalue weighted by Gasteiger charge is -2.21. The summed E-state index contributed by atoms with van der Waals surface area (Å²) in [5, 5.41) is 17.9. The van der Waals surface area contributed by atoms with E-state index < -0.39 is 20.9 Å². The van der Waals surface area contributed by atoms with Gasteiger partial charge in [0.1, 0.15) is 17.0 Å². The van der Waals surface area contributed by atoms with Crippen molar-refractivity contribution >= 4 is 33.1 Å². The molecule has 0 saturated carbocycles. The number of nitro benzene ring substituents is 1. The topological polar surface area (TPSA) is 137 Å². The average molecular weight is 459 g/mol. The molecule has 0 saturated heterocycles. The summed E-state index contributed by atoms with van der Waals surface area (Å²) in [6.45, 7) is 1.84. The van der Waals surface area contributed by atoms with Gasteiger partial charge in [0.15, 0.2) is 5.82 Å². The van der Waals surface area contributed by atoms with Crippen molar-refractivity contribution < 1.29 is 22.9 Å². The summed E-state index contributed by atoms with van der Waals surface area (Å²) in [7, 11) is 0.165. The number of anilines is 2. The smallest absolute Gasteiger partial charge is 0.296 e. The highest BCUT2D eigenvalue weighted by atomic mass is 32.2. The monoisotopic (exact) mass is 459 g/mol. The van der Waals surface area contributed by atoms with Crippen LogP contribution in [0.1, 0.15) is 15.9 Å². The molecule has 0 aliphatic rings. The van der Waals surface area contributed by atoms with E-state index in [-0.39, 0.29) is 33.4 Å². The van der Waals surface area contributed by atoms with Gasteiger partial charge in [0, 0.05) is 14.1 Å². The van der Waals surface area contributed by atoms with Crippen LogP contribution in [0.4, 0.5) is 17.2 Å². The number of carbonyl (C=O) groups is 1. The molecule has 1 heterocycles. The number of carbonyl (C=O) groups excluding carboxylic acids is 1. The zero-order valence-corrected chi connectivity index (χ0v) is 18.6. The van der Waals surface area contributed by atoms with Crippen LogP contribution in [0.25, 0.3) is 0 Å². The summed E-state index contributed by atoms with van der Waals surface area (Å²) >= 11 is 0. The van der Waals surface area contributed by atoms with Crippen LogP contribution in [0, 0.1) is 17.0 Å². The van der Waals surface area contributed by atoms with E-state index in [2.05, 4.69) is 10.4 Å². The molecule has 3 aromatic rings. The summed E-state index contributed by atoms with van der Waals surface area (Å²) in [4.78, 5) is 23.7. The van der Waals surface area contributed by atoms with Gasteiger partial charge in [-0.25, -0.2) is 8.42 Å². The van der Waals surface area contributed by atoms with E-state index in [1.165, 1.54) is 62.4 Å². The number of nitro groups is 1. The fourth-order valence-corrected chi connectivity index (χ4v) is 4.27. The van der Waals surface area contributed by atoms with Crippen molar-refractivity contribution in [3.63, 3.8) is 0 Å². The number of benzene rings is 2. The zero-order valence-electron chi connectivity index (χ0n) is 17.8. The highest BCUT2D eigenvalue weighted by Crippen LogP contribution is 2.31. The molecule has 1 N–H and O–H groups in total. The second-order valence-corrected chi connectivity index (χ2v) is 8.85. The van der Waals surface area contributed by atoms with E-state index in [9.17, 15) is 23.3 Å². The standard InChI is InChI=1S/C20H21N5O6S/c1-13-5-8-15(9-6-13)32(29,30)24(3)20-16(12-21-23(20)2)19(26)22-17-10-7-14(31-4)11-18(17)25(27)28/h5-12H,1-4H3,(H,22,26). The highest BCUT2D eigenvalue weighted by Gasteiger charge is 2.29. The van der Waals surface area contributed by atoms with Crippen LogP contribution < -0.4 is 14.4 Å². The number of nitrogens with one attached hydrogen (secondary N) is 1. The molecule has 12 heteroatoms. The molecule has 1 aromatic heterocycles. The number of methoxy groups -OCH3 is 1. The molecule has 0 aliphatic heterocycles. The average Bonchev–Trinajstić information content (AvgIpc) is 3.14. The molecule has 0 radical (unpaired) electrons. The number of hydrogen-bond donors (Lipinski definition) is 1. The van der Waals surface area contributed by atoms with E-state index in [0.717, 1.165) is 9.87 Å². The third kappa shape index (κ3) is 4.25. The first-order valence-electron chi connectivity index (χ1n) is 9.27. The molecular formula is C20H21N5O6S. The Balaban J connectivity index is 1.98. The molecule has 32 heavy (non-hydrogen) atoms. The summed E-state index contributed by atoms with van der Waals surface area (Å²) in [5.74, 6) is -0.507. The lowest BCUT2D eigenvalue weighted by Crippen LogP contribution is -2.30. The SMILES string of the molecule is COc1ccc(NC(=O)c2cnn(C)c2N(C)S(=O)(=O)c2ccc(C)cc2)c([N+](=O)[O-])c1. The van der Waals surface area contributed by atoms with Gasteiger partial charge >= 0.3 is 0 Å². The fourth-order valence-electron chi connectivity index (χ4n) is 3.03. The summed E-state index contributed by atoms with van der Waals surface area (Å²) in [6.07, 6.45) is 1.20. The minimum Gasteiger partial charge on any atom is -0.496 e. The van der Waals surface area contributed by atoms with Crippen LogP contribution in [0.15, 0.2) is 53.6 Å². The Morgan fingerprint density at radius 3 is 2.47 bits per heavy atom. The van der Waals surface area contributed by atoms with Crippen molar-refractivity contribution in [1.82, 2.24) is 9.78 Å². The maximum Gasteiger partial charge on any atom is 0.296 e. The Bertz CT molecular complexity index is 1280. The molecule has 2 aromatic carbocycles. The quantitative estimate of drug-likeness (QED) is 0.424. The van der Waals surface area contributed by atoms with Crippen molar-refractivity contribution in [2.24, 2.45) is 7.05 Å². The van der Waals surface area contributed by atoms with Crippen LogP contribution in [0.2, 0.25) is 0 Å².